The third-order valence-corrected chi connectivity index (χ3v) is 12.8. The summed E-state index contributed by atoms with van der Waals surface area (Å²) in [5.41, 5.74) is 15.4. The van der Waals surface area contributed by atoms with E-state index in [4.69, 9.17) is 4.74 Å². The highest BCUT2D eigenvalue weighted by Crippen LogP contribution is 2.62. The van der Waals surface area contributed by atoms with Gasteiger partial charge in [-0.2, -0.15) is 0 Å². The van der Waals surface area contributed by atoms with Crippen molar-refractivity contribution in [2.45, 2.75) is 18.3 Å². The fourth-order valence-electron chi connectivity index (χ4n) is 10.6. The molecule has 0 saturated carbocycles. The molecule has 0 bridgehead atoms. The molecule has 3 aliphatic rings. The minimum absolute atomic E-state index is 0.605. The smallest absolute Gasteiger partial charge is 0.142 e. The molecule has 1 spiro atoms. The number of fused-ring (bicyclic) bond motifs is 16. The Bertz CT molecular complexity index is 3340. The molecule has 0 saturated heterocycles. The van der Waals surface area contributed by atoms with Gasteiger partial charge < -0.3 is 13.9 Å². The lowest BCUT2D eigenvalue weighted by Gasteiger charge is -2.45. The molecule has 8 aromatic carbocycles. The maximum Gasteiger partial charge on any atom is 0.142 e. The van der Waals surface area contributed by atoms with Crippen molar-refractivity contribution in [2.24, 2.45) is 0 Å². The van der Waals surface area contributed by atoms with E-state index >= 15 is 0 Å². The Morgan fingerprint density at radius 2 is 1.25 bits per heavy atom. The highest BCUT2D eigenvalue weighted by molar-refractivity contribution is 6.13. The predicted octanol–water partition coefficient (Wildman–Crippen LogP) is 13.3. The Kier molecular flexibility index (Phi) is 5.94. The van der Waals surface area contributed by atoms with Gasteiger partial charge in [0.05, 0.1) is 33.0 Å². The molecular weight excluding hydrogens is 681 g/mol. The van der Waals surface area contributed by atoms with Crippen molar-refractivity contribution in [1.29, 1.82) is 0 Å². The summed E-state index contributed by atoms with van der Waals surface area (Å²) in [6, 6.07) is 62.7. The summed E-state index contributed by atoms with van der Waals surface area (Å²) in [4.78, 5) is 0. The van der Waals surface area contributed by atoms with Gasteiger partial charge in [-0.25, -0.2) is 0 Å². The van der Waals surface area contributed by atoms with Gasteiger partial charge in [0.1, 0.15) is 11.5 Å². The van der Waals surface area contributed by atoms with Crippen LogP contribution in [0.15, 0.2) is 176 Å². The van der Waals surface area contributed by atoms with E-state index in [9.17, 15) is 0 Å². The Labute approximate surface area is 324 Å². The highest BCUT2D eigenvalue weighted by Gasteiger charge is 2.51. The third-order valence-electron chi connectivity index (χ3n) is 12.8. The molecule has 2 aliphatic heterocycles. The van der Waals surface area contributed by atoms with Crippen LogP contribution in [0.2, 0.25) is 0 Å². The zero-order valence-corrected chi connectivity index (χ0v) is 30.5. The van der Waals surface area contributed by atoms with Crippen LogP contribution in [-0.4, -0.2) is 9.13 Å². The van der Waals surface area contributed by atoms with Crippen LogP contribution in [0.25, 0.3) is 72.1 Å². The summed E-state index contributed by atoms with van der Waals surface area (Å²) >= 11 is 0. The van der Waals surface area contributed by atoms with Gasteiger partial charge in [0.15, 0.2) is 0 Å². The van der Waals surface area contributed by atoms with Gasteiger partial charge in [-0.3, -0.25) is 0 Å². The molecule has 0 radical (unpaired) electrons. The second-order valence-corrected chi connectivity index (χ2v) is 15.5. The molecule has 1 atom stereocenters. The van der Waals surface area contributed by atoms with Crippen LogP contribution in [-0.2, 0) is 11.8 Å². The molecule has 1 unspecified atom stereocenters. The maximum atomic E-state index is 7.26. The van der Waals surface area contributed by atoms with E-state index in [0.717, 1.165) is 24.3 Å². The standard InChI is InChI=1S/C53H34N2O/c1-2-15-36-33(13-1)14-11-18-37(36)34-27-29-35(30-28-34)54-46-24-8-4-17-40(46)50-48(54)32-31-44-52(50)56-49-26-10-6-21-42(49)53(44)41-20-5-9-25-47(41)55-45-23-7-3-16-38(45)39-19-12-22-43(53)51(39)55/h1-7,9-23,25-32H,8,24H2. The van der Waals surface area contributed by atoms with Crippen LogP contribution in [0.3, 0.4) is 0 Å². The van der Waals surface area contributed by atoms with E-state index in [1.807, 2.05) is 0 Å². The van der Waals surface area contributed by atoms with Gasteiger partial charge in [-0.05, 0) is 82.3 Å². The number of ether oxygens (including phenoxy) is 1. The number of aromatic nitrogens is 2. The van der Waals surface area contributed by atoms with Crippen LogP contribution in [0.1, 0.15) is 39.9 Å². The Morgan fingerprint density at radius 3 is 2.18 bits per heavy atom. The number of rotatable bonds is 2. The highest BCUT2D eigenvalue weighted by atomic mass is 16.5. The second kappa shape index (κ2) is 11.0. The monoisotopic (exact) mass is 714 g/mol. The summed E-state index contributed by atoms with van der Waals surface area (Å²) in [6.07, 6.45) is 6.64. The van der Waals surface area contributed by atoms with Crippen LogP contribution in [0.5, 0.6) is 11.5 Å². The van der Waals surface area contributed by atoms with E-state index in [-0.39, 0.29) is 0 Å². The topological polar surface area (TPSA) is 19.1 Å². The van der Waals surface area contributed by atoms with Crippen molar-refractivity contribution in [3.05, 3.63) is 209 Å². The molecule has 262 valence electrons. The Morgan fingerprint density at radius 1 is 0.518 bits per heavy atom. The Balaban J connectivity index is 1.10. The first kappa shape index (κ1) is 30.3. The first-order chi connectivity index (χ1) is 27.8. The van der Waals surface area contributed by atoms with Crippen LogP contribution in [0.4, 0.5) is 0 Å². The average Bonchev–Trinajstić information content (AvgIpc) is 3.79. The molecule has 0 fully saturated rings. The zero-order valence-electron chi connectivity index (χ0n) is 30.5. The van der Waals surface area contributed by atoms with Crippen molar-refractivity contribution in [1.82, 2.24) is 9.13 Å². The zero-order chi connectivity index (χ0) is 36.5. The van der Waals surface area contributed by atoms with E-state index in [2.05, 4.69) is 191 Å². The van der Waals surface area contributed by atoms with Gasteiger partial charge in [0.2, 0.25) is 0 Å². The summed E-state index contributed by atoms with van der Waals surface area (Å²) in [5.74, 6) is 1.86. The first-order valence-corrected chi connectivity index (χ1v) is 19.7. The lowest BCUT2D eigenvalue weighted by Crippen LogP contribution is -2.37. The fraction of sp³-hybridized carbons (Fsp3) is 0.0566. The van der Waals surface area contributed by atoms with Crippen molar-refractivity contribution in [3.63, 3.8) is 0 Å². The summed E-state index contributed by atoms with van der Waals surface area (Å²) in [7, 11) is 0. The molecule has 3 nitrogen and oxygen atoms in total. The van der Waals surface area contributed by atoms with Crippen molar-refractivity contribution >= 4 is 49.6 Å². The number of nitrogens with zero attached hydrogens (tertiary/aromatic N) is 2. The van der Waals surface area contributed by atoms with E-state index in [1.54, 1.807) is 0 Å². The maximum absolute atomic E-state index is 7.26. The van der Waals surface area contributed by atoms with Gasteiger partial charge in [0, 0.05) is 38.8 Å². The minimum atomic E-state index is -0.605. The molecular formula is C53H34N2O. The third kappa shape index (κ3) is 3.72. The normalized spacial score (nSPS) is 16.2. The van der Waals surface area contributed by atoms with Crippen LogP contribution < -0.4 is 4.74 Å². The number of benzene rings is 8. The molecule has 4 heterocycles. The molecule has 0 amide bonds. The van der Waals surface area contributed by atoms with Crippen LogP contribution >= 0.6 is 0 Å². The van der Waals surface area contributed by atoms with Crippen molar-refractivity contribution in [2.75, 3.05) is 0 Å². The molecule has 3 heteroatoms. The van der Waals surface area contributed by atoms with Crippen molar-refractivity contribution in [3.8, 4) is 34.0 Å². The number of hydrogen-bond acceptors (Lipinski definition) is 1. The van der Waals surface area contributed by atoms with Crippen LogP contribution in [0, 0.1) is 0 Å². The molecule has 2 aromatic heterocycles. The summed E-state index contributed by atoms with van der Waals surface area (Å²) in [6.45, 7) is 0. The van der Waals surface area contributed by atoms with Gasteiger partial charge >= 0.3 is 0 Å². The van der Waals surface area contributed by atoms with Gasteiger partial charge in [-0.15, -0.1) is 0 Å². The van der Waals surface area contributed by atoms with Crippen molar-refractivity contribution < 1.29 is 4.74 Å². The number of allylic oxidation sites excluding steroid dienone is 1. The summed E-state index contributed by atoms with van der Waals surface area (Å²) in [5, 5.41) is 6.26. The quantitative estimate of drug-likeness (QED) is 0.174. The van der Waals surface area contributed by atoms with E-state index < -0.39 is 5.41 Å². The SMILES string of the molecule is C1=Cc2c(n(-c3ccc(-c4cccc5ccccc45)cc3)c3ccc4c(c23)Oc2ccccc2C42c3ccccc3-n3c4ccccc4c4cccc2c43)CC1. The van der Waals surface area contributed by atoms with Gasteiger partial charge in [-0.1, -0.05) is 146 Å². The fourth-order valence-corrected chi connectivity index (χ4v) is 10.6. The molecule has 1 aliphatic carbocycles. The van der Waals surface area contributed by atoms with Gasteiger partial charge in [0.25, 0.3) is 0 Å². The largest absolute Gasteiger partial charge is 0.456 e. The lowest BCUT2D eigenvalue weighted by atomic mass is 9.61. The number of hydrogen-bond donors (Lipinski definition) is 0. The minimum Gasteiger partial charge on any atom is -0.456 e. The number of para-hydroxylation sites is 4. The molecule has 0 N–H and O–H groups in total. The average molecular weight is 715 g/mol. The van der Waals surface area contributed by atoms with E-state index in [1.165, 1.54) is 99.5 Å². The molecule has 56 heavy (non-hydrogen) atoms. The molecule has 13 rings (SSSR count). The second-order valence-electron chi connectivity index (χ2n) is 15.5. The predicted molar refractivity (Wildman–Crippen MR) is 230 cm³/mol. The Hall–Kier alpha value is -7.10. The summed E-state index contributed by atoms with van der Waals surface area (Å²) < 4.78 is 12.2. The molecule has 10 aromatic rings. The van der Waals surface area contributed by atoms with E-state index in [0.29, 0.717) is 0 Å². The first-order valence-electron chi connectivity index (χ1n) is 19.7. The lowest BCUT2D eigenvalue weighted by molar-refractivity contribution is 0.439.